The van der Waals surface area contributed by atoms with Gasteiger partial charge in [-0.25, -0.2) is 49.2 Å². The average Bonchev–Trinajstić information content (AvgIpc) is 1.55. The third-order valence-electron chi connectivity index (χ3n) is 24.3. The second-order valence-corrected chi connectivity index (χ2v) is 35.9. The molecule has 123 heavy (non-hydrogen) atoms. The van der Waals surface area contributed by atoms with Crippen molar-refractivity contribution in [2.24, 2.45) is 10.8 Å². The van der Waals surface area contributed by atoms with Gasteiger partial charge in [-0.05, 0) is 228 Å². The SMILES string of the molecule is CC(=O)c1nn(CC(=O)N2[C@H](C(=O)Nc3nc(Br)c(C)cc3C)C[C@@]3(F)C[C@@H]23)c2c(C)nc(-c3cnc(C)nc3)cc12.CC(=O)c1nn(CC(=O)N2[C@H](C(=O)Nc3nc(Br)ccc3C)C[C@@]3(C)C[C@@H]23)c2c(C)cc(-c3cnc(C)nc3)cc12.CC(=O)c1nn(CC(=O)N2[C@H](C(=O)Nc3nc(Br)ccc3C)C[C@@]3(C)C[C@@H]23)c2ccc(-c3cnc(C)nc3)cc12. The van der Waals surface area contributed by atoms with Crippen molar-refractivity contribution in [1.82, 2.24) is 93.9 Å². The van der Waals surface area contributed by atoms with Crippen LogP contribution in [-0.4, -0.2) is 189 Å². The minimum Gasteiger partial charge on any atom is -0.325 e. The number of nitrogens with zero attached hydrogens (tertiary/aromatic N) is 19. The van der Waals surface area contributed by atoms with Gasteiger partial charge in [0.2, 0.25) is 35.4 Å². The molecule has 630 valence electrons. The molecule has 31 nitrogen and oxygen atoms in total. The molecule has 0 bridgehead atoms. The number of amides is 6. The van der Waals surface area contributed by atoms with Crippen LogP contribution >= 0.6 is 47.8 Å². The fourth-order valence-electron chi connectivity index (χ4n) is 17.4. The Morgan fingerprint density at radius 3 is 1.32 bits per heavy atom. The fourth-order valence-corrected chi connectivity index (χ4v) is 18.3. The second-order valence-electron chi connectivity index (χ2n) is 33.5. The first-order valence-electron chi connectivity index (χ1n) is 40.1. The molecule has 3 saturated heterocycles. The summed E-state index contributed by atoms with van der Waals surface area (Å²) in [6, 6.07) is 17.6. The number of anilines is 3. The molecule has 35 heteroatoms. The summed E-state index contributed by atoms with van der Waals surface area (Å²) in [6.07, 6.45) is 13.3. The second kappa shape index (κ2) is 32.3. The minimum atomic E-state index is -1.60. The topological polar surface area (TPSA) is 382 Å². The van der Waals surface area contributed by atoms with Gasteiger partial charge in [-0.3, -0.25) is 62.2 Å². The molecule has 3 N–H and O–H groups in total. The van der Waals surface area contributed by atoms with Crippen LogP contribution in [0.2, 0.25) is 0 Å². The summed E-state index contributed by atoms with van der Waals surface area (Å²) in [5.74, 6) is 0.686. The Hall–Kier alpha value is -12.1. The number of piperidine rings is 3. The van der Waals surface area contributed by atoms with Crippen LogP contribution in [0, 0.1) is 73.1 Å². The van der Waals surface area contributed by atoms with Crippen LogP contribution in [-0.2, 0) is 48.4 Å². The molecule has 6 fully saturated rings. The molecule has 0 spiro atoms. The van der Waals surface area contributed by atoms with Crippen molar-refractivity contribution in [3.8, 4) is 33.5 Å². The van der Waals surface area contributed by atoms with E-state index in [9.17, 15) is 43.2 Å². The highest BCUT2D eigenvalue weighted by molar-refractivity contribution is 9.11. The molecule has 13 heterocycles. The standard InChI is InChI=1S/C30H30BrN7O3.C29H28BrFN8O3.C29H28BrN7O3/c1-15-6-7-24(31)34-28(15)35-29(41)22-10-30(5)11-23(30)38(22)25(40)14-37-27-16(2)8-19(20-12-32-18(4)33-13-20)9-21(27)26(36-37)17(3)39;1-13-6-14(2)27(35-26(13)30)36-28(42)21-8-29(31)9-22(29)39(21)23(41)12-38-25-15(3)34-20(18-10-32-17(5)33-11-18)7-19(25)24(37-38)16(4)40;1-15-5-8-24(30)33-27(15)34-28(40)22-10-29(4)11-23(29)37(22)25(39)14-36-21-7-6-18(19-12-31-17(3)32-13-19)9-20(21)26(35-36)16(2)38/h6-9,12-13,22-23H,10-11,14H2,1-5H3,(H,34,35,41);6-7,10-11,21-22H,8-9,12H2,1-5H3,(H,35,36,42);5-9,12-13,22-23H,10-11,14H2,1-4H3,(H,33,34,40)/t22-,23+,30-;21-,22+,29+;22-,23+,29-/m000/s1. The van der Waals surface area contributed by atoms with E-state index in [1.807, 2.05) is 109 Å². The first kappa shape index (κ1) is 84.5. The smallest absolute Gasteiger partial charge is 0.248 e. The van der Waals surface area contributed by atoms with Crippen LogP contribution in [0.4, 0.5) is 21.8 Å². The summed E-state index contributed by atoms with van der Waals surface area (Å²) in [4.78, 5) is 168. The zero-order valence-corrected chi connectivity index (χ0v) is 74.6. The van der Waals surface area contributed by atoms with Gasteiger partial charge in [-0.15, -0.1) is 0 Å². The van der Waals surface area contributed by atoms with E-state index in [0.29, 0.717) is 123 Å². The predicted molar refractivity (Wildman–Crippen MR) is 465 cm³/mol. The number of aryl methyl sites for hydroxylation is 9. The Kier molecular flexibility index (Phi) is 22.2. The maximum Gasteiger partial charge on any atom is 0.248 e. The zero-order valence-electron chi connectivity index (χ0n) is 69.8. The van der Waals surface area contributed by atoms with E-state index < -0.39 is 41.7 Å². The molecule has 3 aliphatic heterocycles. The van der Waals surface area contributed by atoms with Crippen LogP contribution in [0.1, 0.15) is 156 Å². The van der Waals surface area contributed by atoms with Crippen LogP contribution in [0.5, 0.6) is 0 Å². The van der Waals surface area contributed by atoms with Gasteiger partial charge < -0.3 is 30.7 Å². The number of carbonyl (C=O) groups is 9. The van der Waals surface area contributed by atoms with Crippen LogP contribution in [0.15, 0.2) is 118 Å². The number of alkyl halides is 1. The van der Waals surface area contributed by atoms with Crippen molar-refractivity contribution in [1.29, 1.82) is 0 Å². The maximum absolute atomic E-state index is 15.4. The number of pyridine rings is 4. The first-order valence-corrected chi connectivity index (χ1v) is 42.5. The zero-order chi connectivity index (χ0) is 87.6. The van der Waals surface area contributed by atoms with Gasteiger partial charge in [0, 0.05) is 116 Å². The molecule has 12 aromatic rings. The highest BCUT2D eigenvalue weighted by Crippen LogP contribution is 2.61. The number of likely N-dealkylation sites (tertiary alicyclic amines) is 3. The highest BCUT2D eigenvalue weighted by Gasteiger charge is 2.69. The number of nitrogens with one attached hydrogen (secondary N) is 3. The molecule has 2 aromatic carbocycles. The summed E-state index contributed by atoms with van der Waals surface area (Å²) in [6.45, 7) is 24.7. The number of rotatable bonds is 18. The average molecular weight is 1850 g/mol. The van der Waals surface area contributed by atoms with Gasteiger partial charge in [-0.2, -0.15) is 15.3 Å². The minimum absolute atomic E-state index is 0.00504. The molecule has 6 amide bonds. The van der Waals surface area contributed by atoms with Crippen molar-refractivity contribution >= 4 is 151 Å². The Bertz CT molecular complexity index is 6480. The van der Waals surface area contributed by atoms with Crippen molar-refractivity contribution in [3.63, 3.8) is 0 Å². The van der Waals surface area contributed by atoms with E-state index in [1.54, 1.807) is 76.3 Å². The summed E-state index contributed by atoms with van der Waals surface area (Å²) < 4.78 is 21.8. The third-order valence-corrected chi connectivity index (χ3v) is 25.9. The number of ketones is 3. The Labute approximate surface area is 730 Å². The van der Waals surface area contributed by atoms with E-state index in [-0.39, 0.29) is 102 Å². The van der Waals surface area contributed by atoms with Crippen molar-refractivity contribution in [3.05, 3.63) is 186 Å². The fraction of sp³-hybridized carbons (Fsp3) is 0.364. The lowest BCUT2D eigenvalue weighted by Gasteiger charge is -2.27. The number of fused-ring (bicyclic) bond motifs is 6. The Balaban J connectivity index is 0.000000137. The molecular formula is C88H86Br3FN22O9. The molecule has 0 radical (unpaired) electrons. The van der Waals surface area contributed by atoms with Gasteiger partial charge >= 0.3 is 0 Å². The van der Waals surface area contributed by atoms with E-state index in [2.05, 4.69) is 143 Å². The summed E-state index contributed by atoms with van der Waals surface area (Å²) in [7, 11) is 0. The van der Waals surface area contributed by atoms with E-state index in [4.69, 9.17) is 0 Å². The molecule has 3 aliphatic carbocycles. The lowest BCUT2D eigenvalue weighted by Crippen LogP contribution is -2.47. The predicted octanol–water partition coefficient (Wildman–Crippen LogP) is 13.5. The number of carbonyl (C=O) groups excluding carboxylic acids is 9. The summed E-state index contributed by atoms with van der Waals surface area (Å²) >= 11 is 10.1. The largest absolute Gasteiger partial charge is 0.325 e. The first-order chi connectivity index (χ1) is 58.3. The van der Waals surface area contributed by atoms with Gasteiger partial charge in [0.1, 0.15) is 109 Å². The quantitative estimate of drug-likeness (QED) is 0.0530. The van der Waals surface area contributed by atoms with Gasteiger partial charge in [-0.1, -0.05) is 38.1 Å². The van der Waals surface area contributed by atoms with E-state index in [0.717, 1.165) is 62.9 Å². The van der Waals surface area contributed by atoms with Crippen LogP contribution < -0.4 is 16.0 Å². The van der Waals surface area contributed by atoms with Crippen molar-refractivity contribution < 1.29 is 47.5 Å². The maximum atomic E-state index is 15.4. The van der Waals surface area contributed by atoms with E-state index in [1.165, 1.54) is 30.4 Å². The summed E-state index contributed by atoms with van der Waals surface area (Å²) in [5, 5.41) is 24.1. The molecule has 0 unspecified atom stereocenters. The highest BCUT2D eigenvalue weighted by atomic mass is 79.9. The molecular weight excluding hydrogens is 1770 g/mol. The van der Waals surface area contributed by atoms with Crippen molar-refractivity contribution in [2.45, 2.75) is 197 Å². The van der Waals surface area contributed by atoms with Gasteiger partial charge in [0.25, 0.3) is 0 Å². The third kappa shape index (κ3) is 16.4. The lowest BCUT2D eigenvalue weighted by molar-refractivity contribution is -0.138. The normalized spacial score (nSPS) is 21.2. The monoisotopic (exact) mass is 1850 g/mol. The lowest BCUT2D eigenvalue weighted by atomic mass is 10.0. The molecule has 10 aromatic heterocycles. The Morgan fingerprint density at radius 1 is 0.407 bits per heavy atom. The molecule has 6 aliphatic rings. The number of hydrogen-bond acceptors (Lipinski definition) is 22. The summed E-state index contributed by atoms with van der Waals surface area (Å²) in [5.41, 5.74) is 10.2. The number of benzene rings is 2. The van der Waals surface area contributed by atoms with Crippen molar-refractivity contribution in [2.75, 3.05) is 16.0 Å². The molecule has 18 rings (SSSR count). The van der Waals surface area contributed by atoms with Gasteiger partial charge in [0.15, 0.2) is 17.3 Å². The molecule has 9 atom stereocenters. The number of hydrogen-bond donors (Lipinski definition) is 3. The van der Waals surface area contributed by atoms with Crippen LogP contribution in [0.3, 0.4) is 0 Å². The van der Waals surface area contributed by atoms with Crippen LogP contribution in [0.25, 0.3) is 66.2 Å². The Morgan fingerprint density at radius 2 is 0.821 bits per heavy atom. The molecule has 3 saturated carbocycles. The number of aromatic nitrogens is 16. The number of halogens is 4. The van der Waals surface area contributed by atoms with E-state index >= 15 is 4.39 Å². The van der Waals surface area contributed by atoms with Gasteiger partial charge in [0.05, 0.1) is 34.0 Å². The number of Topliss-reactive ketones (excluding diaryl/α,β-unsaturated/α-hetero) is 3.